The van der Waals surface area contributed by atoms with E-state index in [-0.39, 0.29) is 12.5 Å². The number of ether oxygens (including phenoxy) is 1. The van der Waals surface area contributed by atoms with Crippen molar-refractivity contribution in [2.75, 3.05) is 6.61 Å². The van der Waals surface area contributed by atoms with Crippen LogP contribution in [0, 0.1) is 0 Å². The van der Waals surface area contributed by atoms with Crippen molar-refractivity contribution in [2.24, 2.45) is 11.5 Å². The molecule has 0 aliphatic heterocycles. The second-order valence-electron chi connectivity index (χ2n) is 5.75. The summed E-state index contributed by atoms with van der Waals surface area (Å²) >= 11 is 0. The molecule has 0 fully saturated rings. The first-order valence-electron chi connectivity index (χ1n) is 7.59. The monoisotopic (exact) mass is 326 g/mol. The number of rotatable bonds is 5. The van der Waals surface area contributed by atoms with Crippen LogP contribution in [0.4, 0.5) is 0 Å². The maximum Gasteiger partial charge on any atom is 0.325 e. The van der Waals surface area contributed by atoms with Crippen molar-refractivity contribution in [3.63, 3.8) is 0 Å². The van der Waals surface area contributed by atoms with Gasteiger partial charge in [-0.15, -0.1) is 0 Å². The molecule has 0 aromatic heterocycles. The lowest BCUT2D eigenvalue weighted by Crippen LogP contribution is -2.52. The maximum absolute atomic E-state index is 12.0. The Labute approximate surface area is 139 Å². The molecule has 1 aliphatic rings. The van der Waals surface area contributed by atoms with Gasteiger partial charge in [-0.05, 0) is 22.3 Å². The van der Waals surface area contributed by atoms with Crippen molar-refractivity contribution in [2.45, 2.75) is 18.0 Å². The average molecular weight is 326 g/mol. The number of carboxylic acid groups (broad SMARTS) is 1. The highest BCUT2D eigenvalue weighted by molar-refractivity contribution is 5.86. The average Bonchev–Trinajstić information content (AvgIpc) is 2.92. The van der Waals surface area contributed by atoms with Gasteiger partial charge in [0.05, 0.1) is 0 Å². The summed E-state index contributed by atoms with van der Waals surface area (Å²) in [7, 11) is 0. The van der Waals surface area contributed by atoms with Crippen LogP contribution in [-0.2, 0) is 14.3 Å². The maximum atomic E-state index is 12.0. The Morgan fingerprint density at radius 2 is 1.46 bits per heavy atom. The Kier molecular flexibility index (Phi) is 4.33. The predicted molar refractivity (Wildman–Crippen MR) is 88.3 cm³/mol. The Morgan fingerprint density at radius 3 is 1.96 bits per heavy atom. The van der Waals surface area contributed by atoms with E-state index in [1.807, 2.05) is 48.5 Å². The number of carbonyl (C=O) groups is 2. The third-order valence-corrected chi connectivity index (χ3v) is 4.30. The lowest BCUT2D eigenvalue weighted by Gasteiger charge is -2.18. The number of carboxylic acids is 1. The smallest absolute Gasteiger partial charge is 0.325 e. The molecule has 6 nitrogen and oxygen atoms in total. The number of carbonyl (C=O) groups excluding carboxylic acids is 1. The van der Waals surface area contributed by atoms with E-state index in [1.165, 1.54) is 0 Å². The minimum atomic E-state index is -1.49. The summed E-state index contributed by atoms with van der Waals surface area (Å²) < 4.78 is 5.27. The molecule has 6 heteroatoms. The van der Waals surface area contributed by atoms with Gasteiger partial charge < -0.3 is 21.3 Å². The number of nitrogens with two attached hydrogens (primary N) is 2. The van der Waals surface area contributed by atoms with Gasteiger partial charge in [0.25, 0.3) is 0 Å². The summed E-state index contributed by atoms with van der Waals surface area (Å²) in [5, 5.41) is 8.83. The van der Waals surface area contributed by atoms with Crippen LogP contribution < -0.4 is 11.5 Å². The standard InChI is InChI=1S/C18H18N2O4/c19-15(17(21)22)16(20)18(23)24-9-14-12-7-3-1-5-10(12)11-6-2-4-8-13(11)14/h1-8,14-16H,9,19-20H2,(H,21,22)/t15-,16?/m1/s1. The fourth-order valence-corrected chi connectivity index (χ4v) is 3.00. The van der Waals surface area contributed by atoms with E-state index >= 15 is 0 Å². The van der Waals surface area contributed by atoms with Gasteiger partial charge in [0.1, 0.15) is 18.7 Å². The highest BCUT2D eigenvalue weighted by atomic mass is 16.5. The number of hydrogen-bond donors (Lipinski definition) is 3. The molecule has 3 rings (SSSR count). The third-order valence-electron chi connectivity index (χ3n) is 4.30. The zero-order valence-electron chi connectivity index (χ0n) is 12.9. The predicted octanol–water partition coefficient (Wildman–Crippen LogP) is 1.08. The number of aliphatic carboxylic acids is 1. The van der Waals surface area contributed by atoms with Crippen LogP contribution in [0.25, 0.3) is 11.1 Å². The van der Waals surface area contributed by atoms with E-state index in [2.05, 4.69) is 0 Å². The van der Waals surface area contributed by atoms with Crippen molar-refractivity contribution >= 4 is 11.9 Å². The van der Waals surface area contributed by atoms with Crippen LogP contribution in [-0.4, -0.2) is 35.7 Å². The van der Waals surface area contributed by atoms with Gasteiger partial charge in [0.15, 0.2) is 0 Å². The summed E-state index contributed by atoms with van der Waals surface area (Å²) in [6.45, 7) is 0.0902. The molecule has 0 radical (unpaired) electrons. The molecule has 2 atom stereocenters. The molecule has 0 spiro atoms. The molecule has 5 N–H and O–H groups in total. The second-order valence-corrected chi connectivity index (χ2v) is 5.75. The van der Waals surface area contributed by atoms with E-state index < -0.39 is 24.0 Å². The molecule has 0 bridgehead atoms. The first-order valence-corrected chi connectivity index (χ1v) is 7.59. The molecule has 0 saturated heterocycles. The van der Waals surface area contributed by atoms with Gasteiger partial charge in [-0.3, -0.25) is 9.59 Å². The molecule has 1 unspecified atom stereocenters. The number of hydrogen-bond acceptors (Lipinski definition) is 5. The Bertz CT molecular complexity index is 745. The van der Waals surface area contributed by atoms with E-state index in [1.54, 1.807) is 0 Å². The van der Waals surface area contributed by atoms with Crippen molar-refractivity contribution in [3.8, 4) is 11.1 Å². The van der Waals surface area contributed by atoms with Gasteiger partial charge in [0, 0.05) is 5.92 Å². The summed E-state index contributed by atoms with van der Waals surface area (Å²) in [6, 6.07) is 13.0. The lowest BCUT2D eigenvalue weighted by molar-refractivity contribution is -0.150. The van der Waals surface area contributed by atoms with Crippen LogP contribution >= 0.6 is 0 Å². The largest absolute Gasteiger partial charge is 0.480 e. The van der Waals surface area contributed by atoms with E-state index in [4.69, 9.17) is 21.3 Å². The zero-order valence-corrected chi connectivity index (χ0v) is 12.9. The van der Waals surface area contributed by atoms with Crippen LogP contribution in [0.3, 0.4) is 0 Å². The number of fused-ring (bicyclic) bond motifs is 3. The van der Waals surface area contributed by atoms with Gasteiger partial charge in [-0.2, -0.15) is 0 Å². The highest BCUT2D eigenvalue weighted by Crippen LogP contribution is 2.44. The first-order chi connectivity index (χ1) is 11.5. The van der Waals surface area contributed by atoms with Crippen molar-refractivity contribution < 1.29 is 19.4 Å². The Hall–Kier alpha value is -2.70. The summed E-state index contributed by atoms with van der Waals surface area (Å²) in [6.07, 6.45) is 0. The SMILES string of the molecule is NC(C(=O)OCC1c2ccccc2-c2ccccc21)[C@@H](N)C(=O)O. The Balaban J connectivity index is 1.79. The van der Waals surface area contributed by atoms with Gasteiger partial charge >= 0.3 is 11.9 Å². The second kappa shape index (κ2) is 6.43. The van der Waals surface area contributed by atoms with Gasteiger partial charge in [-0.25, -0.2) is 0 Å². The highest BCUT2D eigenvalue weighted by Gasteiger charge is 2.32. The molecular weight excluding hydrogens is 308 g/mol. The van der Waals surface area contributed by atoms with E-state index in [0.717, 1.165) is 22.3 Å². The minimum absolute atomic E-state index is 0.0902. The Morgan fingerprint density at radius 1 is 0.958 bits per heavy atom. The summed E-state index contributed by atoms with van der Waals surface area (Å²) in [4.78, 5) is 22.8. The van der Waals surface area contributed by atoms with E-state index in [9.17, 15) is 9.59 Å². The van der Waals surface area contributed by atoms with Gasteiger partial charge in [0.2, 0.25) is 0 Å². The van der Waals surface area contributed by atoms with E-state index in [0.29, 0.717) is 0 Å². The molecule has 0 saturated carbocycles. The zero-order chi connectivity index (χ0) is 17.3. The van der Waals surface area contributed by atoms with Crippen molar-refractivity contribution in [3.05, 3.63) is 59.7 Å². The quantitative estimate of drug-likeness (QED) is 0.708. The molecule has 24 heavy (non-hydrogen) atoms. The first kappa shape index (κ1) is 16.2. The normalized spacial score (nSPS) is 15.2. The molecule has 124 valence electrons. The van der Waals surface area contributed by atoms with Crippen LogP contribution in [0.5, 0.6) is 0 Å². The number of benzene rings is 2. The van der Waals surface area contributed by atoms with Gasteiger partial charge in [-0.1, -0.05) is 48.5 Å². The molecular formula is C18H18N2O4. The molecule has 0 heterocycles. The lowest BCUT2D eigenvalue weighted by atomic mass is 9.98. The molecule has 0 amide bonds. The number of esters is 1. The van der Waals surface area contributed by atoms with Crippen LogP contribution in [0.2, 0.25) is 0 Å². The van der Waals surface area contributed by atoms with Crippen LogP contribution in [0.15, 0.2) is 48.5 Å². The molecule has 1 aliphatic carbocycles. The molecule has 2 aromatic carbocycles. The fraction of sp³-hybridized carbons (Fsp3) is 0.222. The molecule has 2 aromatic rings. The third kappa shape index (κ3) is 2.77. The van der Waals surface area contributed by atoms with Crippen molar-refractivity contribution in [1.82, 2.24) is 0 Å². The summed E-state index contributed by atoms with van der Waals surface area (Å²) in [5.74, 6) is -2.25. The topological polar surface area (TPSA) is 116 Å². The minimum Gasteiger partial charge on any atom is -0.480 e. The van der Waals surface area contributed by atoms with Crippen molar-refractivity contribution in [1.29, 1.82) is 0 Å². The summed E-state index contributed by atoms with van der Waals surface area (Å²) in [5.41, 5.74) is 15.3. The fourth-order valence-electron chi connectivity index (χ4n) is 3.00. The van der Waals surface area contributed by atoms with Crippen LogP contribution in [0.1, 0.15) is 17.0 Å².